The van der Waals surface area contributed by atoms with Crippen molar-refractivity contribution in [1.29, 1.82) is 0 Å². The second kappa shape index (κ2) is 7.43. The molecule has 1 aromatic carbocycles. The average Bonchev–Trinajstić information content (AvgIpc) is 2.40. The van der Waals surface area contributed by atoms with Crippen LogP contribution in [-0.2, 0) is 0 Å². The maximum atomic E-state index is 14.5. The lowest BCUT2D eigenvalue weighted by molar-refractivity contribution is 0.0834. The van der Waals surface area contributed by atoms with E-state index in [0.29, 0.717) is 5.75 Å². The maximum absolute atomic E-state index is 14.5. The van der Waals surface area contributed by atoms with E-state index in [0.717, 1.165) is 31.7 Å². The Morgan fingerprint density at radius 3 is 2.33 bits per heavy atom. The van der Waals surface area contributed by atoms with Gasteiger partial charge in [0.2, 0.25) is 0 Å². The van der Waals surface area contributed by atoms with Gasteiger partial charge in [-0.2, -0.15) is 0 Å². The maximum Gasteiger partial charge on any atom is 0.131 e. The number of ether oxygens (including phenoxy) is 1. The number of halogens is 2. The molecular formula is C16H26ClFN2O. The van der Waals surface area contributed by atoms with Crippen LogP contribution in [0.4, 0.5) is 4.39 Å². The zero-order chi connectivity index (χ0) is 14.8. The highest BCUT2D eigenvalue weighted by molar-refractivity contribution is 5.85. The number of nitrogens with zero attached hydrogens (tertiary/aromatic N) is 1. The summed E-state index contributed by atoms with van der Waals surface area (Å²) in [6, 6.07) is 5.28. The first-order valence-electron chi connectivity index (χ1n) is 7.21. The van der Waals surface area contributed by atoms with Crippen LogP contribution >= 0.6 is 12.4 Å². The molecule has 0 spiro atoms. The van der Waals surface area contributed by atoms with Crippen molar-refractivity contribution in [3.63, 3.8) is 0 Å². The predicted octanol–water partition coefficient (Wildman–Crippen LogP) is 3.25. The van der Waals surface area contributed by atoms with Crippen LogP contribution < -0.4 is 10.1 Å². The minimum atomic E-state index is -0.178. The Morgan fingerprint density at radius 2 is 1.86 bits per heavy atom. The van der Waals surface area contributed by atoms with Gasteiger partial charge in [-0.15, -0.1) is 12.4 Å². The molecule has 5 heteroatoms. The van der Waals surface area contributed by atoms with Crippen molar-refractivity contribution in [3.8, 4) is 5.75 Å². The fourth-order valence-corrected chi connectivity index (χ4v) is 3.01. The molecule has 1 fully saturated rings. The molecule has 21 heavy (non-hydrogen) atoms. The Balaban J connectivity index is 0.00000220. The highest BCUT2D eigenvalue weighted by atomic mass is 35.5. The molecule has 1 aromatic rings. The molecule has 0 amide bonds. The molecule has 2 rings (SSSR count). The Kier molecular flexibility index (Phi) is 6.44. The predicted molar refractivity (Wildman–Crippen MR) is 86.8 cm³/mol. The molecule has 3 nitrogen and oxygen atoms in total. The van der Waals surface area contributed by atoms with Crippen molar-refractivity contribution < 1.29 is 9.13 Å². The molecule has 1 aliphatic heterocycles. The summed E-state index contributed by atoms with van der Waals surface area (Å²) >= 11 is 0. The van der Waals surface area contributed by atoms with Crippen LogP contribution in [0.5, 0.6) is 5.75 Å². The topological polar surface area (TPSA) is 24.5 Å². The minimum absolute atomic E-state index is 0. The lowest BCUT2D eigenvalue weighted by Crippen LogP contribution is -2.48. The molecular weight excluding hydrogens is 291 g/mol. The van der Waals surface area contributed by atoms with Crippen molar-refractivity contribution in [2.75, 3.05) is 33.3 Å². The lowest BCUT2D eigenvalue weighted by atomic mass is 9.80. The molecule has 1 saturated heterocycles. The largest absolute Gasteiger partial charge is 0.497 e. The van der Waals surface area contributed by atoms with Gasteiger partial charge >= 0.3 is 0 Å². The van der Waals surface area contributed by atoms with Gasteiger partial charge in [0, 0.05) is 43.9 Å². The van der Waals surface area contributed by atoms with Crippen molar-refractivity contribution >= 4 is 12.4 Å². The molecule has 0 bridgehead atoms. The van der Waals surface area contributed by atoms with Gasteiger partial charge in [-0.3, -0.25) is 4.90 Å². The van der Waals surface area contributed by atoms with Crippen molar-refractivity contribution in [2.45, 2.75) is 26.8 Å². The Morgan fingerprint density at radius 1 is 1.24 bits per heavy atom. The summed E-state index contributed by atoms with van der Waals surface area (Å²) < 4.78 is 19.5. The summed E-state index contributed by atoms with van der Waals surface area (Å²) in [6.07, 6.45) is 0. The van der Waals surface area contributed by atoms with E-state index in [1.165, 1.54) is 6.07 Å². The summed E-state index contributed by atoms with van der Waals surface area (Å²) in [6.45, 7) is 10.3. The molecule has 1 aliphatic rings. The van der Waals surface area contributed by atoms with Gasteiger partial charge < -0.3 is 10.1 Å². The number of hydrogen-bond acceptors (Lipinski definition) is 3. The third kappa shape index (κ3) is 4.31. The number of rotatable bonds is 3. The summed E-state index contributed by atoms with van der Waals surface area (Å²) in [5.74, 6) is 0.391. The van der Waals surface area contributed by atoms with Crippen LogP contribution in [0, 0.1) is 11.2 Å². The lowest BCUT2D eigenvalue weighted by Gasteiger charge is -2.42. The van der Waals surface area contributed by atoms with Gasteiger partial charge in [0.1, 0.15) is 11.6 Å². The van der Waals surface area contributed by atoms with Crippen LogP contribution in [0.3, 0.4) is 0 Å². The van der Waals surface area contributed by atoms with Crippen LogP contribution in [0.2, 0.25) is 0 Å². The smallest absolute Gasteiger partial charge is 0.131 e. The van der Waals surface area contributed by atoms with Crippen LogP contribution in [0.1, 0.15) is 32.4 Å². The first-order valence-corrected chi connectivity index (χ1v) is 7.21. The van der Waals surface area contributed by atoms with Crippen molar-refractivity contribution in [1.82, 2.24) is 10.2 Å². The minimum Gasteiger partial charge on any atom is -0.497 e. The average molecular weight is 317 g/mol. The van der Waals surface area contributed by atoms with Gasteiger partial charge in [0.25, 0.3) is 0 Å². The number of piperazine rings is 1. The number of benzene rings is 1. The molecule has 1 N–H and O–H groups in total. The van der Waals surface area contributed by atoms with Gasteiger partial charge in [0.15, 0.2) is 0 Å². The highest BCUT2D eigenvalue weighted by Crippen LogP contribution is 2.39. The number of methoxy groups -OCH3 is 1. The fraction of sp³-hybridized carbons (Fsp3) is 0.625. The molecule has 0 aromatic heterocycles. The second-order valence-corrected chi connectivity index (χ2v) is 6.44. The molecule has 1 heterocycles. The zero-order valence-corrected chi connectivity index (χ0v) is 14.1. The first kappa shape index (κ1) is 18.2. The Hall–Kier alpha value is -0.840. The molecule has 0 unspecified atom stereocenters. The Labute approximate surface area is 133 Å². The van der Waals surface area contributed by atoms with E-state index < -0.39 is 0 Å². The van der Waals surface area contributed by atoms with E-state index in [4.69, 9.17) is 4.74 Å². The Bertz CT molecular complexity index is 456. The number of hydrogen-bond donors (Lipinski definition) is 1. The van der Waals surface area contributed by atoms with E-state index in [1.807, 2.05) is 12.1 Å². The van der Waals surface area contributed by atoms with Crippen LogP contribution in [-0.4, -0.2) is 38.2 Å². The number of nitrogens with one attached hydrogen (secondary N) is 1. The third-order valence-electron chi connectivity index (χ3n) is 3.84. The molecule has 0 saturated carbocycles. The first-order chi connectivity index (χ1) is 9.43. The molecule has 1 atom stereocenters. The van der Waals surface area contributed by atoms with Crippen LogP contribution in [0.25, 0.3) is 0 Å². The van der Waals surface area contributed by atoms with Gasteiger partial charge in [-0.05, 0) is 11.5 Å². The van der Waals surface area contributed by atoms with E-state index in [2.05, 4.69) is 31.0 Å². The third-order valence-corrected chi connectivity index (χ3v) is 3.84. The van der Waals surface area contributed by atoms with Gasteiger partial charge in [-0.1, -0.05) is 26.8 Å². The van der Waals surface area contributed by atoms with Crippen molar-refractivity contribution in [2.24, 2.45) is 5.41 Å². The van der Waals surface area contributed by atoms with Crippen molar-refractivity contribution in [3.05, 3.63) is 29.6 Å². The zero-order valence-electron chi connectivity index (χ0n) is 13.3. The van der Waals surface area contributed by atoms with Crippen LogP contribution in [0.15, 0.2) is 18.2 Å². The van der Waals surface area contributed by atoms with E-state index in [9.17, 15) is 4.39 Å². The summed E-state index contributed by atoms with van der Waals surface area (Å²) in [5, 5.41) is 3.35. The summed E-state index contributed by atoms with van der Waals surface area (Å²) in [5.41, 5.74) is 0.743. The summed E-state index contributed by atoms with van der Waals surface area (Å²) in [7, 11) is 1.56. The molecule has 0 radical (unpaired) electrons. The van der Waals surface area contributed by atoms with E-state index in [1.54, 1.807) is 7.11 Å². The monoisotopic (exact) mass is 316 g/mol. The SMILES string of the molecule is COc1ccc([C@@H](N2CCNCC2)C(C)(C)C)c(F)c1.Cl. The molecule has 0 aliphatic carbocycles. The van der Waals surface area contributed by atoms with Gasteiger partial charge in [-0.25, -0.2) is 4.39 Å². The quantitative estimate of drug-likeness (QED) is 0.926. The standard InChI is InChI=1S/C16H25FN2O.ClH/c1-16(2,3)15(19-9-7-18-8-10-19)13-6-5-12(20-4)11-14(13)17;/h5-6,11,15,18H,7-10H2,1-4H3;1H/t15-;/m1./s1. The highest BCUT2D eigenvalue weighted by Gasteiger charge is 2.34. The van der Waals surface area contributed by atoms with Gasteiger partial charge in [0.05, 0.1) is 7.11 Å². The fourth-order valence-electron chi connectivity index (χ4n) is 3.01. The van der Waals surface area contributed by atoms with E-state index in [-0.39, 0.29) is 29.7 Å². The van der Waals surface area contributed by atoms with E-state index >= 15 is 0 Å². The second-order valence-electron chi connectivity index (χ2n) is 6.44. The normalized spacial score (nSPS) is 18.0. The molecule has 120 valence electrons. The summed E-state index contributed by atoms with van der Waals surface area (Å²) in [4.78, 5) is 2.38.